The van der Waals surface area contributed by atoms with E-state index in [9.17, 15) is 0 Å². The fourth-order valence-corrected chi connectivity index (χ4v) is 0. The second-order valence-electron chi connectivity index (χ2n) is 0.238. The van der Waals surface area contributed by atoms with Gasteiger partial charge in [0.25, 0.3) is 5.09 Å². The Morgan fingerprint density at radius 1 is 1.67 bits per heavy atom. The fourth-order valence-electron chi connectivity index (χ4n) is 0. The van der Waals surface area contributed by atoms with Crippen molar-refractivity contribution < 1.29 is 10.3 Å². The molecule has 0 fully saturated rings. The first-order chi connectivity index (χ1) is 1.73. The molecule has 6 heteroatoms. The van der Waals surface area contributed by atoms with E-state index in [1.165, 1.54) is 0 Å². The second-order valence-corrected chi connectivity index (χ2v) is 0.238. The number of hydrogen-bond acceptors (Lipinski definition) is 2. The number of rotatable bonds is 0. The first-order valence-corrected chi connectivity index (χ1v) is 0.565. The molecule has 4 nitrogen and oxygen atoms in total. The van der Waals surface area contributed by atoms with Crippen LogP contribution in [0.1, 0.15) is 0 Å². The summed E-state index contributed by atoms with van der Waals surface area (Å²) in [5.41, 5.74) is 0. The molecule has 0 bridgehead atoms. The summed E-state index contributed by atoms with van der Waals surface area (Å²) in [6.45, 7) is 0. The first-order valence-electron chi connectivity index (χ1n) is 0.565. The molecule has 0 amide bonds. The van der Waals surface area contributed by atoms with Crippen molar-refractivity contribution in [1.29, 1.82) is 0 Å². The Hall–Kier alpha value is 0.888. The molecular formula is H5MgNO3Pb. The van der Waals surface area contributed by atoms with E-state index in [1.54, 1.807) is 0 Å². The quantitative estimate of drug-likeness (QED) is 0.314. The Kier molecular flexibility index (Phi) is 24.5. The van der Waals surface area contributed by atoms with Crippen LogP contribution in [0.5, 0.6) is 0 Å². The van der Waals surface area contributed by atoms with Crippen LogP contribution in [0.4, 0.5) is 0 Å². The van der Waals surface area contributed by atoms with Crippen LogP contribution in [0, 0.1) is 10.1 Å². The van der Waals surface area contributed by atoms with E-state index in [0.717, 1.165) is 0 Å². The van der Waals surface area contributed by atoms with Gasteiger partial charge in [0.1, 0.15) is 0 Å². The zero-order chi connectivity index (χ0) is 3.58. The molecule has 1 N–H and O–H groups in total. The Morgan fingerprint density at radius 3 is 1.67 bits per heavy atom. The first kappa shape index (κ1) is 15.8. The minimum absolute atomic E-state index is 0. The van der Waals surface area contributed by atoms with Gasteiger partial charge in [-0.2, -0.15) is 0 Å². The van der Waals surface area contributed by atoms with Crippen molar-refractivity contribution in [2.24, 2.45) is 0 Å². The fraction of sp³-hybridized carbons (Fsp3) is 0. The zero-order valence-corrected chi connectivity index (χ0v) is 7.92. The second kappa shape index (κ2) is 9.31. The van der Waals surface area contributed by atoms with Gasteiger partial charge in [0.15, 0.2) is 0 Å². The van der Waals surface area contributed by atoms with E-state index in [0.29, 0.717) is 0 Å². The van der Waals surface area contributed by atoms with Crippen LogP contribution in [-0.4, -0.2) is 60.6 Å². The van der Waals surface area contributed by atoms with Crippen molar-refractivity contribution in [3.63, 3.8) is 0 Å². The summed E-state index contributed by atoms with van der Waals surface area (Å²) in [5.74, 6) is 0. The van der Waals surface area contributed by atoms with Gasteiger partial charge in [-0.1, -0.05) is 0 Å². The Balaban J connectivity index is -0.0000000450. The van der Waals surface area contributed by atoms with Gasteiger partial charge in [-0.15, -0.1) is 10.1 Å². The van der Waals surface area contributed by atoms with Crippen LogP contribution < -0.4 is 0 Å². The predicted octanol–water partition coefficient (Wildman–Crippen LogP) is -2.18. The number of nitrogens with zero attached hydrogens (tertiary/aromatic N) is 1. The Morgan fingerprint density at radius 2 is 1.67 bits per heavy atom. The summed E-state index contributed by atoms with van der Waals surface area (Å²) >= 11 is 0. The van der Waals surface area contributed by atoms with Crippen molar-refractivity contribution in [3.8, 4) is 0 Å². The van der Waals surface area contributed by atoms with E-state index >= 15 is 0 Å². The average molecular weight is 299 g/mol. The summed E-state index contributed by atoms with van der Waals surface area (Å²) in [6, 6.07) is 0. The van der Waals surface area contributed by atoms with Crippen molar-refractivity contribution >= 4 is 50.4 Å². The summed E-state index contributed by atoms with van der Waals surface area (Å²) in [4.78, 5) is 8.36. The summed E-state index contributed by atoms with van der Waals surface area (Å²) < 4.78 is 0. The predicted molar refractivity (Wildman–Crippen MR) is 25.9 cm³/mol. The van der Waals surface area contributed by atoms with Crippen molar-refractivity contribution in [1.82, 2.24) is 0 Å². The topological polar surface area (TPSA) is 63.4 Å². The van der Waals surface area contributed by atoms with Crippen molar-refractivity contribution in [2.75, 3.05) is 0 Å². The number of hydrogen-bond donors (Lipinski definition) is 1. The molecule has 0 rings (SSSR count). The molecule has 0 heterocycles. The molecule has 0 aliphatic heterocycles. The van der Waals surface area contributed by atoms with Crippen LogP contribution in [0.2, 0.25) is 0 Å². The minimum atomic E-state index is -1.50. The molecule has 0 aromatic rings. The van der Waals surface area contributed by atoms with Gasteiger partial charge in [0.2, 0.25) is 0 Å². The molecule has 0 aromatic heterocycles. The maximum absolute atomic E-state index is 8.36. The van der Waals surface area contributed by atoms with Gasteiger partial charge in [0.05, 0.1) is 0 Å². The van der Waals surface area contributed by atoms with Gasteiger partial charge in [-0.3, -0.25) is 0 Å². The van der Waals surface area contributed by atoms with Crippen LogP contribution in [0.25, 0.3) is 0 Å². The van der Waals surface area contributed by atoms with Crippen molar-refractivity contribution in [2.45, 2.75) is 0 Å². The van der Waals surface area contributed by atoms with Crippen LogP contribution >= 0.6 is 0 Å². The Labute approximate surface area is 70.3 Å². The normalized spacial score (nSPS) is 4.00. The van der Waals surface area contributed by atoms with Gasteiger partial charge in [-0.25, -0.2) is 0 Å². The molecule has 0 saturated heterocycles. The molecule has 0 aromatic carbocycles. The van der Waals surface area contributed by atoms with Crippen molar-refractivity contribution in [3.05, 3.63) is 10.1 Å². The molecule has 0 spiro atoms. The molecule has 0 atom stereocenters. The standard InChI is InChI=1S/Mg.HNO3.Pb.4H/c;2-1(3)4;;;;;/h;(H,2,3,4);;;;;. The molecular weight excluding hydrogens is 294 g/mol. The molecule has 6 heavy (non-hydrogen) atoms. The molecule has 0 unspecified atom stereocenters. The van der Waals surface area contributed by atoms with Crippen LogP contribution in [-0.2, 0) is 0 Å². The third-order valence-electron chi connectivity index (χ3n) is 0. The SMILES string of the molecule is O=[N+]([O-])O.[MgH2].[PbH2]. The van der Waals surface area contributed by atoms with Gasteiger partial charge in [-0.05, 0) is 0 Å². The third kappa shape index (κ3) is 93.7. The van der Waals surface area contributed by atoms with Gasteiger partial charge in [0, 0.05) is 0 Å². The van der Waals surface area contributed by atoms with Crippen LogP contribution in [0.15, 0.2) is 0 Å². The van der Waals surface area contributed by atoms with E-state index in [1.807, 2.05) is 0 Å². The molecule has 0 aliphatic carbocycles. The third-order valence-corrected chi connectivity index (χ3v) is 0. The van der Waals surface area contributed by atoms with Gasteiger partial charge >= 0.3 is 50.4 Å². The monoisotopic (exact) mass is 299 g/mol. The Bertz CT molecular complexity index is 33.8. The van der Waals surface area contributed by atoms with Crippen LogP contribution in [0.3, 0.4) is 0 Å². The van der Waals surface area contributed by atoms with E-state index < -0.39 is 5.09 Å². The molecule has 34 valence electrons. The van der Waals surface area contributed by atoms with E-state index in [-0.39, 0.29) is 50.4 Å². The summed E-state index contributed by atoms with van der Waals surface area (Å²) in [7, 11) is 0. The van der Waals surface area contributed by atoms with E-state index in [4.69, 9.17) is 15.3 Å². The molecule has 2 radical (unpaired) electrons. The molecule has 0 saturated carbocycles. The summed E-state index contributed by atoms with van der Waals surface area (Å²) in [6.07, 6.45) is 0. The maximum atomic E-state index is 8.36. The summed E-state index contributed by atoms with van der Waals surface area (Å²) in [5, 5.41) is 13.6. The van der Waals surface area contributed by atoms with Gasteiger partial charge < -0.3 is 5.21 Å². The zero-order valence-electron chi connectivity index (χ0n) is 2.42. The molecule has 0 aliphatic rings. The average Bonchev–Trinajstić information content (AvgIpc) is 0.811. The van der Waals surface area contributed by atoms with E-state index in [2.05, 4.69) is 0 Å².